The van der Waals surface area contributed by atoms with Crippen LogP contribution in [0.15, 0.2) is 65.9 Å². The largest absolute Gasteiger partial charge is 0.493 e. The fourth-order valence-corrected chi connectivity index (χ4v) is 3.55. The Morgan fingerprint density at radius 1 is 0.806 bits per heavy atom. The molecule has 0 amide bonds. The summed E-state index contributed by atoms with van der Waals surface area (Å²) in [5.41, 5.74) is 6.03. The number of nitrogens with zero attached hydrogens (tertiary/aromatic N) is 5. The van der Waals surface area contributed by atoms with Crippen LogP contribution in [0.3, 0.4) is 0 Å². The molecule has 152 valence electrons. The highest BCUT2D eigenvalue weighted by Crippen LogP contribution is 2.31. The summed E-state index contributed by atoms with van der Waals surface area (Å²) in [6, 6.07) is 17.4. The first-order valence-electron chi connectivity index (χ1n) is 9.59. The number of hydrazone groups is 1. The molecule has 8 heteroatoms. The minimum Gasteiger partial charge on any atom is -0.493 e. The summed E-state index contributed by atoms with van der Waals surface area (Å²) in [6.07, 6.45) is 3.43. The number of fused-ring (bicyclic) bond motifs is 6. The maximum absolute atomic E-state index is 5.32. The highest BCUT2D eigenvalue weighted by atomic mass is 16.5. The van der Waals surface area contributed by atoms with Gasteiger partial charge in [-0.15, -0.1) is 10.2 Å². The lowest BCUT2D eigenvalue weighted by Crippen LogP contribution is -2.01. The third kappa shape index (κ3) is 3.33. The van der Waals surface area contributed by atoms with E-state index in [0.29, 0.717) is 23.0 Å². The Hall–Kier alpha value is -4.33. The highest BCUT2D eigenvalue weighted by molar-refractivity contribution is 6.21. The second-order valence-corrected chi connectivity index (χ2v) is 6.76. The van der Waals surface area contributed by atoms with E-state index in [9.17, 15) is 0 Å². The van der Waals surface area contributed by atoms with Gasteiger partial charge >= 0.3 is 0 Å². The van der Waals surface area contributed by atoms with E-state index >= 15 is 0 Å². The van der Waals surface area contributed by atoms with Crippen LogP contribution in [0, 0.1) is 0 Å². The standard InChI is InChI=1S/C23H18N6O2/c1-30-18-10-9-14(12-19(18)31-2)13-25-28-23-26-21-16-7-4-3-6-15(16)20-17(8-5-11-24-20)22(21)27-29-23/h3-13H,1-2H3,(H,26,28,29). The number of pyridine rings is 1. The summed E-state index contributed by atoms with van der Waals surface area (Å²) < 4.78 is 10.6. The van der Waals surface area contributed by atoms with Crippen LogP contribution in [-0.2, 0) is 0 Å². The van der Waals surface area contributed by atoms with E-state index in [1.807, 2.05) is 54.6 Å². The molecule has 0 fully saturated rings. The minimum absolute atomic E-state index is 0.303. The van der Waals surface area contributed by atoms with Crippen molar-refractivity contribution < 1.29 is 9.47 Å². The molecule has 2 aromatic heterocycles. The van der Waals surface area contributed by atoms with E-state index in [2.05, 4.69) is 30.7 Å². The van der Waals surface area contributed by atoms with E-state index in [-0.39, 0.29) is 0 Å². The molecule has 31 heavy (non-hydrogen) atoms. The highest BCUT2D eigenvalue weighted by Gasteiger charge is 2.12. The molecule has 5 aromatic rings. The Balaban J connectivity index is 1.53. The van der Waals surface area contributed by atoms with Gasteiger partial charge in [-0.2, -0.15) is 5.10 Å². The van der Waals surface area contributed by atoms with E-state index in [1.54, 1.807) is 26.6 Å². The van der Waals surface area contributed by atoms with Crippen molar-refractivity contribution >= 4 is 44.9 Å². The number of hydrogen-bond acceptors (Lipinski definition) is 8. The lowest BCUT2D eigenvalue weighted by atomic mass is 10.0. The van der Waals surface area contributed by atoms with Gasteiger partial charge in [0.1, 0.15) is 11.0 Å². The number of benzene rings is 3. The molecule has 0 radical (unpaired) electrons. The van der Waals surface area contributed by atoms with Crippen LogP contribution in [0.25, 0.3) is 32.7 Å². The van der Waals surface area contributed by atoms with Gasteiger partial charge in [0.25, 0.3) is 5.95 Å². The number of nitrogens with one attached hydrogen (secondary N) is 1. The Bertz CT molecular complexity index is 1420. The SMILES string of the molecule is COc1ccc(C=NNc2nnc3c4cccnc4c4ccccc4c3n2)cc1OC. The molecule has 5 rings (SSSR count). The quantitative estimate of drug-likeness (QED) is 0.264. The van der Waals surface area contributed by atoms with Crippen molar-refractivity contribution in [3.63, 3.8) is 0 Å². The molecule has 0 saturated carbocycles. The van der Waals surface area contributed by atoms with Crippen molar-refractivity contribution in [1.29, 1.82) is 0 Å². The number of hydrogen-bond donors (Lipinski definition) is 1. The van der Waals surface area contributed by atoms with Gasteiger partial charge in [-0.05, 0) is 35.9 Å². The fourth-order valence-electron chi connectivity index (χ4n) is 3.55. The Morgan fingerprint density at radius 2 is 1.58 bits per heavy atom. The molecule has 2 heterocycles. The van der Waals surface area contributed by atoms with Crippen LogP contribution in [-0.4, -0.2) is 40.6 Å². The number of methoxy groups -OCH3 is 2. The monoisotopic (exact) mass is 410 g/mol. The average molecular weight is 410 g/mol. The molecule has 0 unspecified atom stereocenters. The molecule has 0 atom stereocenters. The van der Waals surface area contributed by atoms with Crippen molar-refractivity contribution in [2.45, 2.75) is 0 Å². The van der Waals surface area contributed by atoms with Gasteiger partial charge in [0.05, 0.1) is 26.0 Å². The number of anilines is 1. The summed E-state index contributed by atoms with van der Waals surface area (Å²) >= 11 is 0. The molecular formula is C23H18N6O2. The van der Waals surface area contributed by atoms with Crippen molar-refractivity contribution in [1.82, 2.24) is 20.2 Å². The maximum Gasteiger partial charge on any atom is 0.263 e. The van der Waals surface area contributed by atoms with Gasteiger partial charge in [0, 0.05) is 22.4 Å². The van der Waals surface area contributed by atoms with Gasteiger partial charge in [0.15, 0.2) is 11.5 Å². The van der Waals surface area contributed by atoms with Gasteiger partial charge in [-0.1, -0.05) is 24.3 Å². The molecule has 8 nitrogen and oxygen atoms in total. The fraction of sp³-hybridized carbons (Fsp3) is 0.0870. The topological polar surface area (TPSA) is 94.4 Å². The van der Waals surface area contributed by atoms with E-state index < -0.39 is 0 Å². The third-order valence-electron chi connectivity index (χ3n) is 4.97. The van der Waals surface area contributed by atoms with Crippen LogP contribution < -0.4 is 14.9 Å². The van der Waals surface area contributed by atoms with Crippen molar-refractivity contribution in [3.05, 3.63) is 66.4 Å². The second kappa shape index (κ2) is 7.83. The molecule has 0 spiro atoms. The second-order valence-electron chi connectivity index (χ2n) is 6.76. The van der Waals surface area contributed by atoms with Crippen LogP contribution in [0.4, 0.5) is 5.95 Å². The van der Waals surface area contributed by atoms with Gasteiger partial charge < -0.3 is 9.47 Å². The number of ether oxygens (including phenoxy) is 2. The molecule has 1 N–H and O–H groups in total. The molecular weight excluding hydrogens is 392 g/mol. The smallest absolute Gasteiger partial charge is 0.263 e. The van der Waals surface area contributed by atoms with Crippen molar-refractivity contribution in [3.8, 4) is 11.5 Å². The third-order valence-corrected chi connectivity index (χ3v) is 4.97. The maximum atomic E-state index is 5.32. The molecule has 0 saturated heterocycles. The molecule has 0 aliphatic rings. The Morgan fingerprint density at radius 3 is 2.39 bits per heavy atom. The predicted octanol–water partition coefficient (Wildman–Crippen LogP) is 4.19. The van der Waals surface area contributed by atoms with Crippen molar-refractivity contribution in [2.24, 2.45) is 5.10 Å². The lowest BCUT2D eigenvalue weighted by Gasteiger charge is -2.08. The van der Waals surface area contributed by atoms with E-state index in [1.165, 1.54) is 0 Å². The van der Waals surface area contributed by atoms with Crippen molar-refractivity contribution in [2.75, 3.05) is 19.6 Å². The number of rotatable bonds is 5. The first-order valence-corrected chi connectivity index (χ1v) is 9.59. The summed E-state index contributed by atoms with van der Waals surface area (Å²) in [5.74, 6) is 1.59. The normalized spacial score (nSPS) is 11.4. The van der Waals surface area contributed by atoms with E-state index in [4.69, 9.17) is 9.47 Å². The predicted molar refractivity (Wildman–Crippen MR) is 121 cm³/mol. The summed E-state index contributed by atoms with van der Waals surface area (Å²) in [7, 11) is 3.19. The number of aromatic nitrogens is 4. The average Bonchev–Trinajstić information content (AvgIpc) is 2.84. The zero-order chi connectivity index (χ0) is 21.2. The summed E-state index contributed by atoms with van der Waals surface area (Å²) in [5, 5.41) is 15.7. The summed E-state index contributed by atoms with van der Waals surface area (Å²) in [4.78, 5) is 9.21. The zero-order valence-corrected chi connectivity index (χ0v) is 16.9. The Labute approximate surface area is 177 Å². The lowest BCUT2D eigenvalue weighted by molar-refractivity contribution is 0.355. The van der Waals surface area contributed by atoms with Crippen LogP contribution in [0.2, 0.25) is 0 Å². The molecule has 0 aliphatic heterocycles. The first kappa shape index (κ1) is 18.7. The zero-order valence-electron chi connectivity index (χ0n) is 16.9. The van der Waals surface area contributed by atoms with Crippen LogP contribution in [0.1, 0.15) is 5.56 Å². The van der Waals surface area contributed by atoms with Gasteiger partial charge in [0.2, 0.25) is 0 Å². The molecule has 3 aromatic carbocycles. The molecule has 0 bridgehead atoms. The Kier molecular flexibility index (Phi) is 4.72. The summed E-state index contributed by atoms with van der Waals surface area (Å²) in [6.45, 7) is 0. The molecule has 0 aliphatic carbocycles. The van der Waals surface area contributed by atoms with E-state index in [0.717, 1.165) is 32.8 Å². The minimum atomic E-state index is 0.303. The van der Waals surface area contributed by atoms with Crippen LogP contribution in [0.5, 0.6) is 11.5 Å². The first-order chi connectivity index (χ1) is 15.3. The van der Waals surface area contributed by atoms with Gasteiger partial charge in [-0.25, -0.2) is 10.4 Å². The van der Waals surface area contributed by atoms with Crippen LogP contribution >= 0.6 is 0 Å². The van der Waals surface area contributed by atoms with Gasteiger partial charge in [-0.3, -0.25) is 4.98 Å².